The van der Waals surface area contributed by atoms with Crippen molar-refractivity contribution < 1.29 is 9.53 Å². The summed E-state index contributed by atoms with van der Waals surface area (Å²) in [6.45, 7) is 9.10. The lowest BCUT2D eigenvalue weighted by Gasteiger charge is -2.30. The van der Waals surface area contributed by atoms with Gasteiger partial charge in [-0.3, -0.25) is 4.79 Å². The van der Waals surface area contributed by atoms with Crippen molar-refractivity contribution in [2.75, 3.05) is 19.7 Å². The van der Waals surface area contributed by atoms with Gasteiger partial charge in [-0.25, -0.2) is 0 Å². The van der Waals surface area contributed by atoms with Crippen LogP contribution < -0.4 is 10.1 Å². The van der Waals surface area contributed by atoms with Crippen molar-refractivity contribution in [1.29, 1.82) is 0 Å². The molecule has 1 aliphatic heterocycles. The summed E-state index contributed by atoms with van der Waals surface area (Å²) in [5.74, 6) is 1.34. The van der Waals surface area contributed by atoms with Gasteiger partial charge >= 0.3 is 0 Å². The van der Waals surface area contributed by atoms with Crippen LogP contribution in [0, 0.1) is 5.92 Å². The molecule has 0 aromatic heterocycles. The van der Waals surface area contributed by atoms with E-state index in [1.807, 2.05) is 30.0 Å². The lowest BCUT2D eigenvalue weighted by molar-refractivity contribution is -0.134. The third-order valence-electron chi connectivity index (χ3n) is 4.05. The highest BCUT2D eigenvalue weighted by molar-refractivity contribution is 6.30. The fraction of sp³-hybridized carbons (Fsp3) is 0.611. The van der Waals surface area contributed by atoms with Crippen molar-refractivity contribution in [3.63, 3.8) is 0 Å². The van der Waals surface area contributed by atoms with Crippen molar-refractivity contribution in [3.8, 4) is 5.75 Å². The van der Waals surface area contributed by atoms with Crippen LogP contribution in [0.5, 0.6) is 5.75 Å². The minimum atomic E-state index is 0.214. The molecule has 128 valence electrons. The van der Waals surface area contributed by atoms with Crippen LogP contribution in [-0.2, 0) is 11.3 Å². The number of hydrogen-bond acceptors (Lipinski definition) is 3. The van der Waals surface area contributed by atoms with Gasteiger partial charge in [0.25, 0.3) is 0 Å². The van der Waals surface area contributed by atoms with E-state index in [9.17, 15) is 4.79 Å². The minimum Gasteiger partial charge on any atom is -0.493 e. The molecular formula is C18H27ClN2O2. The Morgan fingerprint density at radius 3 is 2.87 bits per heavy atom. The zero-order valence-corrected chi connectivity index (χ0v) is 15.0. The van der Waals surface area contributed by atoms with Crippen LogP contribution in [0.15, 0.2) is 18.2 Å². The Labute approximate surface area is 144 Å². The van der Waals surface area contributed by atoms with Crippen LogP contribution in [0.25, 0.3) is 0 Å². The number of halogens is 1. The molecule has 0 radical (unpaired) electrons. The van der Waals surface area contributed by atoms with Gasteiger partial charge in [0.05, 0.1) is 6.61 Å². The average molecular weight is 339 g/mol. The normalized spacial score (nSPS) is 17.5. The number of amides is 1. The maximum Gasteiger partial charge on any atom is 0.223 e. The Bertz CT molecular complexity index is 528. The van der Waals surface area contributed by atoms with E-state index in [2.05, 4.69) is 19.2 Å². The lowest BCUT2D eigenvalue weighted by Crippen LogP contribution is -2.41. The zero-order chi connectivity index (χ0) is 16.8. The van der Waals surface area contributed by atoms with Crippen molar-refractivity contribution in [2.45, 2.75) is 46.2 Å². The van der Waals surface area contributed by atoms with Crippen molar-refractivity contribution in [3.05, 3.63) is 28.8 Å². The van der Waals surface area contributed by atoms with E-state index in [1.54, 1.807) is 0 Å². The Morgan fingerprint density at radius 2 is 2.26 bits per heavy atom. The van der Waals surface area contributed by atoms with Crippen LogP contribution in [-0.4, -0.2) is 36.5 Å². The molecular weight excluding hydrogens is 312 g/mol. The van der Waals surface area contributed by atoms with E-state index < -0.39 is 0 Å². The summed E-state index contributed by atoms with van der Waals surface area (Å²) in [6, 6.07) is 5.91. The summed E-state index contributed by atoms with van der Waals surface area (Å²) >= 11 is 6.08. The number of ether oxygens (including phenoxy) is 1. The maximum atomic E-state index is 12.7. The third kappa shape index (κ3) is 5.11. The topological polar surface area (TPSA) is 41.6 Å². The molecule has 0 unspecified atom stereocenters. The predicted octanol–water partition coefficient (Wildman–Crippen LogP) is 3.48. The van der Waals surface area contributed by atoms with Gasteiger partial charge in [0.2, 0.25) is 5.91 Å². The van der Waals surface area contributed by atoms with Crippen LogP contribution in [0.2, 0.25) is 5.02 Å². The van der Waals surface area contributed by atoms with Crippen molar-refractivity contribution in [1.82, 2.24) is 10.2 Å². The fourth-order valence-electron chi connectivity index (χ4n) is 2.93. The smallest absolute Gasteiger partial charge is 0.223 e. The molecule has 23 heavy (non-hydrogen) atoms. The second kappa shape index (κ2) is 8.55. The first kappa shape index (κ1) is 18.1. The number of benzene rings is 1. The first-order chi connectivity index (χ1) is 11.0. The van der Waals surface area contributed by atoms with Gasteiger partial charge < -0.3 is 15.0 Å². The lowest BCUT2D eigenvalue weighted by atomic mass is 10.1. The third-order valence-corrected chi connectivity index (χ3v) is 4.28. The number of hydrogen-bond donors (Lipinski definition) is 1. The van der Waals surface area contributed by atoms with E-state index >= 15 is 0 Å². The quantitative estimate of drug-likeness (QED) is 0.827. The van der Waals surface area contributed by atoms with Crippen molar-refractivity contribution in [2.24, 2.45) is 5.92 Å². The molecule has 0 saturated carbocycles. The SMILES string of the molecule is CCOc1cc(Cl)ccc1CN(C(=O)CC(C)C)[C@H]1CCNC1. The van der Waals surface area contributed by atoms with Crippen LogP contribution >= 0.6 is 11.6 Å². The first-order valence-corrected chi connectivity index (χ1v) is 8.80. The first-order valence-electron chi connectivity index (χ1n) is 8.42. The van der Waals surface area contributed by atoms with Gasteiger partial charge in [0.1, 0.15) is 5.75 Å². The van der Waals surface area contributed by atoms with Crippen molar-refractivity contribution >= 4 is 17.5 Å². The molecule has 1 aromatic rings. The molecule has 0 spiro atoms. The van der Waals surface area contributed by atoms with Crippen LogP contribution in [0.4, 0.5) is 0 Å². The molecule has 5 heteroatoms. The molecule has 1 heterocycles. The second-order valence-electron chi connectivity index (χ2n) is 6.45. The highest BCUT2D eigenvalue weighted by atomic mass is 35.5. The molecule has 1 atom stereocenters. The van der Waals surface area contributed by atoms with Crippen LogP contribution in [0.3, 0.4) is 0 Å². The molecule has 1 aliphatic rings. The predicted molar refractivity (Wildman–Crippen MR) is 93.9 cm³/mol. The Kier molecular flexibility index (Phi) is 6.72. The Balaban J connectivity index is 2.21. The fourth-order valence-corrected chi connectivity index (χ4v) is 3.09. The zero-order valence-electron chi connectivity index (χ0n) is 14.3. The average Bonchev–Trinajstić information content (AvgIpc) is 3.00. The summed E-state index contributed by atoms with van der Waals surface area (Å²) in [5, 5.41) is 4.00. The van der Waals surface area contributed by atoms with E-state index in [4.69, 9.17) is 16.3 Å². The molecule has 1 saturated heterocycles. The van der Waals surface area contributed by atoms with Gasteiger partial charge in [-0.2, -0.15) is 0 Å². The molecule has 0 aliphatic carbocycles. The van der Waals surface area contributed by atoms with Gasteiger partial charge in [-0.05, 0) is 37.9 Å². The van der Waals surface area contributed by atoms with Gasteiger partial charge in [0.15, 0.2) is 0 Å². The monoisotopic (exact) mass is 338 g/mol. The number of nitrogens with one attached hydrogen (secondary N) is 1. The van der Waals surface area contributed by atoms with Gasteiger partial charge in [-0.15, -0.1) is 0 Å². The number of carbonyl (C=O) groups excluding carboxylic acids is 1. The maximum absolute atomic E-state index is 12.7. The number of rotatable bonds is 7. The van der Waals surface area contributed by atoms with E-state index in [1.165, 1.54) is 0 Å². The molecule has 1 fully saturated rings. The molecule has 4 nitrogen and oxygen atoms in total. The van der Waals surface area contributed by atoms with E-state index in [-0.39, 0.29) is 11.9 Å². The van der Waals surface area contributed by atoms with Crippen LogP contribution in [0.1, 0.15) is 39.2 Å². The highest BCUT2D eigenvalue weighted by Gasteiger charge is 2.27. The standard InChI is InChI=1S/C18H27ClN2O2/c1-4-23-17-10-15(19)6-5-14(17)12-21(16-7-8-20-11-16)18(22)9-13(2)3/h5-6,10,13,16,20H,4,7-9,11-12H2,1-3H3/t16-/m0/s1. The number of carbonyl (C=O) groups is 1. The largest absolute Gasteiger partial charge is 0.493 e. The second-order valence-corrected chi connectivity index (χ2v) is 6.89. The number of nitrogens with zero attached hydrogens (tertiary/aromatic N) is 1. The molecule has 1 aromatic carbocycles. The molecule has 1 N–H and O–H groups in total. The summed E-state index contributed by atoms with van der Waals surface area (Å²) in [7, 11) is 0. The van der Waals surface area contributed by atoms with E-state index in [0.717, 1.165) is 30.8 Å². The molecule has 0 bridgehead atoms. The van der Waals surface area contributed by atoms with Gasteiger partial charge in [-0.1, -0.05) is 31.5 Å². The minimum absolute atomic E-state index is 0.214. The van der Waals surface area contributed by atoms with Gasteiger partial charge in [0, 0.05) is 36.1 Å². The summed E-state index contributed by atoms with van der Waals surface area (Å²) in [5.41, 5.74) is 1.01. The Morgan fingerprint density at radius 1 is 1.48 bits per heavy atom. The summed E-state index contributed by atoms with van der Waals surface area (Å²) in [4.78, 5) is 14.7. The molecule has 2 rings (SSSR count). The van der Waals surface area contributed by atoms with E-state index in [0.29, 0.717) is 30.5 Å². The summed E-state index contributed by atoms with van der Waals surface area (Å²) in [6.07, 6.45) is 1.58. The summed E-state index contributed by atoms with van der Waals surface area (Å²) < 4.78 is 5.70. The Hall–Kier alpha value is -1.26. The highest BCUT2D eigenvalue weighted by Crippen LogP contribution is 2.27. The molecule has 1 amide bonds.